The van der Waals surface area contributed by atoms with Gasteiger partial charge in [0.05, 0.1) is 5.92 Å². The van der Waals surface area contributed by atoms with Crippen molar-refractivity contribution in [2.24, 2.45) is 11.8 Å². The molecule has 0 aromatic heterocycles. The van der Waals surface area contributed by atoms with Gasteiger partial charge >= 0.3 is 5.97 Å². The van der Waals surface area contributed by atoms with Crippen LogP contribution < -0.4 is 5.32 Å². The highest BCUT2D eigenvalue weighted by molar-refractivity contribution is 5.72. The lowest BCUT2D eigenvalue weighted by Crippen LogP contribution is -2.30. The Hall–Kier alpha value is -1.35. The summed E-state index contributed by atoms with van der Waals surface area (Å²) >= 11 is 0. The minimum Gasteiger partial charge on any atom is -0.461 e. The molecule has 1 aromatic carbocycles. The zero-order valence-electron chi connectivity index (χ0n) is 11.5. The van der Waals surface area contributed by atoms with Gasteiger partial charge in [0.1, 0.15) is 6.61 Å². The Morgan fingerprint density at radius 2 is 1.83 bits per heavy atom. The molecular formula is C15H23NO2. The van der Waals surface area contributed by atoms with Gasteiger partial charge < -0.3 is 10.1 Å². The third-order valence-electron chi connectivity index (χ3n) is 2.63. The normalized spacial score (nSPS) is 12.4. The van der Waals surface area contributed by atoms with Crippen molar-refractivity contribution in [2.45, 2.75) is 27.4 Å². The van der Waals surface area contributed by atoms with Crippen molar-refractivity contribution in [1.29, 1.82) is 0 Å². The van der Waals surface area contributed by atoms with Gasteiger partial charge in [0.15, 0.2) is 0 Å². The number of ether oxygens (including phenoxy) is 1. The van der Waals surface area contributed by atoms with Gasteiger partial charge in [-0.1, -0.05) is 51.1 Å². The van der Waals surface area contributed by atoms with E-state index < -0.39 is 0 Å². The first-order valence-electron chi connectivity index (χ1n) is 6.51. The molecule has 100 valence electrons. The van der Waals surface area contributed by atoms with Crippen molar-refractivity contribution in [3.05, 3.63) is 35.9 Å². The van der Waals surface area contributed by atoms with E-state index in [9.17, 15) is 4.79 Å². The Kier molecular flexibility index (Phi) is 6.44. The first kappa shape index (κ1) is 14.7. The van der Waals surface area contributed by atoms with Gasteiger partial charge in [-0.25, -0.2) is 0 Å². The van der Waals surface area contributed by atoms with E-state index in [1.807, 2.05) is 37.3 Å². The average molecular weight is 249 g/mol. The van der Waals surface area contributed by atoms with Crippen LogP contribution in [0.15, 0.2) is 30.3 Å². The van der Waals surface area contributed by atoms with Crippen LogP contribution in [0.5, 0.6) is 0 Å². The number of benzene rings is 1. The Labute approximate surface area is 110 Å². The highest BCUT2D eigenvalue weighted by atomic mass is 16.5. The molecule has 1 unspecified atom stereocenters. The highest BCUT2D eigenvalue weighted by Crippen LogP contribution is 2.04. The monoisotopic (exact) mass is 249 g/mol. The molecule has 0 radical (unpaired) electrons. The van der Waals surface area contributed by atoms with Crippen LogP contribution >= 0.6 is 0 Å². The Morgan fingerprint density at radius 1 is 1.17 bits per heavy atom. The highest BCUT2D eigenvalue weighted by Gasteiger charge is 2.14. The molecule has 1 atom stereocenters. The van der Waals surface area contributed by atoms with Crippen LogP contribution in [0.4, 0.5) is 0 Å². The molecule has 0 heterocycles. The summed E-state index contributed by atoms with van der Waals surface area (Å²) in [5.41, 5.74) is 1.02. The minimum atomic E-state index is -0.143. The molecule has 1 N–H and O–H groups in total. The lowest BCUT2D eigenvalue weighted by Gasteiger charge is -2.13. The fourth-order valence-electron chi connectivity index (χ4n) is 1.54. The molecule has 0 aliphatic heterocycles. The molecule has 0 saturated heterocycles. The molecule has 1 rings (SSSR count). The third-order valence-corrected chi connectivity index (χ3v) is 2.63. The molecule has 0 aliphatic rings. The van der Waals surface area contributed by atoms with Crippen molar-refractivity contribution in [3.8, 4) is 0 Å². The third kappa shape index (κ3) is 5.82. The number of carbonyl (C=O) groups excluding carboxylic acids is 1. The summed E-state index contributed by atoms with van der Waals surface area (Å²) < 4.78 is 5.27. The number of hydrogen-bond acceptors (Lipinski definition) is 3. The average Bonchev–Trinajstić information content (AvgIpc) is 2.36. The Balaban J connectivity index is 2.23. The van der Waals surface area contributed by atoms with Crippen molar-refractivity contribution >= 4 is 5.97 Å². The fraction of sp³-hybridized carbons (Fsp3) is 0.533. The molecule has 3 heteroatoms. The SMILES string of the molecule is CC(C)CNCC(C)C(=O)OCc1ccccc1. The summed E-state index contributed by atoms with van der Waals surface area (Å²) in [5.74, 6) is 0.347. The summed E-state index contributed by atoms with van der Waals surface area (Å²) in [7, 11) is 0. The van der Waals surface area contributed by atoms with Crippen LogP contribution in [-0.2, 0) is 16.1 Å². The molecule has 1 aromatic rings. The summed E-state index contributed by atoms with van der Waals surface area (Å²) in [6, 6.07) is 9.74. The van der Waals surface area contributed by atoms with Crippen LogP contribution in [0.2, 0.25) is 0 Å². The van der Waals surface area contributed by atoms with Crippen LogP contribution in [0, 0.1) is 11.8 Å². The molecule has 0 aliphatic carbocycles. The molecule has 0 amide bonds. The quantitative estimate of drug-likeness (QED) is 0.755. The number of carbonyl (C=O) groups is 1. The largest absolute Gasteiger partial charge is 0.461 e. The maximum Gasteiger partial charge on any atom is 0.310 e. The molecule has 0 fully saturated rings. The first-order valence-corrected chi connectivity index (χ1v) is 6.51. The summed E-state index contributed by atoms with van der Waals surface area (Å²) in [6.45, 7) is 8.13. The van der Waals surface area contributed by atoms with Crippen molar-refractivity contribution in [1.82, 2.24) is 5.32 Å². The van der Waals surface area contributed by atoms with Gasteiger partial charge in [-0.3, -0.25) is 4.79 Å². The van der Waals surface area contributed by atoms with Crippen molar-refractivity contribution < 1.29 is 9.53 Å². The second-order valence-corrected chi connectivity index (χ2v) is 5.05. The maximum absolute atomic E-state index is 11.7. The first-order chi connectivity index (χ1) is 8.59. The minimum absolute atomic E-state index is 0.104. The van der Waals surface area contributed by atoms with Crippen LogP contribution in [0.1, 0.15) is 26.3 Å². The van der Waals surface area contributed by atoms with Gasteiger partial charge in [-0.05, 0) is 18.0 Å². The topological polar surface area (TPSA) is 38.3 Å². The van der Waals surface area contributed by atoms with Gasteiger partial charge in [0.25, 0.3) is 0 Å². The van der Waals surface area contributed by atoms with E-state index in [0.717, 1.165) is 12.1 Å². The van der Waals surface area contributed by atoms with Gasteiger partial charge in [-0.2, -0.15) is 0 Å². The van der Waals surface area contributed by atoms with Gasteiger partial charge in [0.2, 0.25) is 0 Å². The van der Waals surface area contributed by atoms with E-state index >= 15 is 0 Å². The van der Waals surface area contributed by atoms with E-state index in [0.29, 0.717) is 19.1 Å². The molecule has 0 bridgehead atoms. The predicted octanol–water partition coefficient (Wildman–Crippen LogP) is 2.61. The molecule has 18 heavy (non-hydrogen) atoms. The zero-order valence-corrected chi connectivity index (χ0v) is 11.5. The Morgan fingerprint density at radius 3 is 2.44 bits per heavy atom. The molecule has 3 nitrogen and oxygen atoms in total. The standard InChI is InChI=1S/C15H23NO2/c1-12(2)9-16-10-13(3)15(17)18-11-14-7-5-4-6-8-14/h4-8,12-13,16H,9-11H2,1-3H3. The smallest absolute Gasteiger partial charge is 0.310 e. The van der Waals surface area contributed by atoms with Crippen LogP contribution in [0.25, 0.3) is 0 Å². The number of esters is 1. The van der Waals surface area contributed by atoms with E-state index in [-0.39, 0.29) is 11.9 Å². The summed E-state index contributed by atoms with van der Waals surface area (Å²) in [5, 5.41) is 3.26. The van der Waals surface area contributed by atoms with E-state index in [1.165, 1.54) is 0 Å². The van der Waals surface area contributed by atoms with Crippen molar-refractivity contribution in [3.63, 3.8) is 0 Å². The Bertz CT molecular complexity index is 349. The van der Waals surface area contributed by atoms with E-state index in [1.54, 1.807) is 0 Å². The van der Waals surface area contributed by atoms with Crippen molar-refractivity contribution in [2.75, 3.05) is 13.1 Å². The summed E-state index contributed by atoms with van der Waals surface area (Å²) in [4.78, 5) is 11.7. The molecule has 0 saturated carbocycles. The zero-order chi connectivity index (χ0) is 13.4. The maximum atomic E-state index is 11.7. The van der Waals surface area contributed by atoms with Gasteiger partial charge in [-0.15, -0.1) is 0 Å². The van der Waals surface area contributed by atoms with Gasteiger partial charge in [0, 0.05) is 6.54 Å². The second-order valence-electron chi connectivity index (χ2n) is 5.05. The lowest BCUT2D eigenvalue weighted by molar-refractivity contribution is -0.149. The molecular weight excluding hydrogens is 226 g/mol. The number of nitrogens with one attached hydrogen (secondary N) is 1. The van der Waals surface area contributed by atoms with Crippen LogP contribution in [-0.4, -0.2) is 19.1 Å². The van der Waals surface area contributed by atoms with E-state index in [2.05, 4.69) is 19.2 Å². The number of rotatable bonds is 7. The fourth-order valence-corrected chi connectivity index (χ4v) is 1.54. The van der Waals surface area contributed by atoms with Crippen LogP contribution in [0.3, 0.4) is 0 Å². The van der Waals surface area contributed by atoms with E-state index in [4.69, 9.17) is 4.74 Å². The lowest BCUT2D eigenvalue weighted by atomic mass is 10.1. The summed E-state index contributed by atoms with van der Waals surface area (Å²) in [6.07, 6.45) is 0. The second kappa shape index (κ2) is 7.88. The molecule has 0 spiro atoms. The predicted molar refractivity (Wildman–Crippen MR) is 73.1 cm³/mol. The number of hydrogen-bond donors (Lipinski definition) is 1.